The first-order chi connectivity index (χ1) is 9.74. The molecule has 4 rings (SSSR count). The summed E-state index contributed by atoms with van der Waals surface area (Å²) in [5.74, 6) is -1.40. The molecule has 2 N–H and O–H groups in total. The van der Waals surface area contributed by atoms with E-state index in [1.54, 1.807) is 0 Å². The summed E-state index contributed by atoms with van der Waals surface area (Å²) >= 11 is 0. The molecule has 2 bridgehead atoms. The lowest BCUT2D eigenvalue weighted by atomic mass is 9.57. The van der Waals surface area contributed by atoms with Crippen LogP contribution in [0.3, 0.4) is 0 Å². The number of carbonyl (C=O) groups excluding carboxylic acids is 1. The number of amides is 1. The van der Waals surface area contributed by atoms with Gasteiger partial charge in [-0.05, 0) is 51.4 Å². The second-order valence-corrected chi connectivity index (χ2v) is 7.27. The first-order valence-corrected chi connectivity index (χ1v) is 7.89. The van der Waals surface area contributed by atoms with Crippen LogP contribution in [0.1, 0.15) is 51.4 Å². The summed E-state index contributed by atoms with van der Waals surface area (Å²) in [5.41, 5.74) is 5.69. The Balaban J connectivity index is 1.71. The van der Waals surface area contributed by atoms with E-state index in [1.807, 2.05) is 0 Å². The van der Waals surface area contributed by atoms with E-state index in [0.29, 0.717) is 13.0 Å². The van der Waals surface area contributed by atoms with E-state index < -0.39 is 17.5 Å². The fraction of sp³-hybridized carbons (Fsp3) is 0.933. The molecule has 1 aliphatic heterocycles. The third-order valence-electron chi connectivity index (χ3n) is 5.93. The molecule has 0 radical (unpaired) electrons. The van der Waals surface area contributed by atoms with Crippen LogP contribution in [0.4, 0.5) is 13.2 Å². The lowest BCUT2D eigenvalue weighted by Crippen LogP contribution is -2.58. The van der Waals surface area contributed by atoms with Crippen LogP contribution in [0.25, 0.3) is 0 Å². The van der Waals surface area contributed by atoms with Crippen LogP contribution in [0.15, 0.2) is 0 Å². The molecule has 0 spiro atoms. The highest BCUT2D eigenvalue weighted by Crippen LogP contribution is 2.52. The zero-order chi connectivity index (χ0) is 15.3. The number of halogens is 3. The van der Waals surface area contributed by atoms with Gasteiger partial charge in [0.2, 0.25) is 5.91 Å². The zero-order valence-corrected chi connectivity index (χ0v) is 12.2. The summed E-state index contributed by atoms with van der Waals surface area (Å²) in [6, 6.07) is 0. The Kier molecular flexibility index (Phi) is 3.50. The number of carbonyl (C=O) groups is 1. The standard InChI is InChI=1S/C15H23F3N2O/c16-15(17,18)11-2-1-9-20(10-11)12(21)13-3-6-14(19,7-4-13)8-5-13/h11H,1-10,19H2. The number of likely N-dealkylation sites (tertiary alicyclic amines) is 1. The van der Waals surface area contributed by atoms with E-state index in [4.69, 9.17) is 5.73 Å². The van der Waals surface area contributed by atoms with Gasteiger partial charge in [0.05, 0.1) is 5.92 Å². The van der Waals surface area contributed by atoms with Crippen molar-refractivity contribution in [2.75, 3.05) is 13.1 Å². The van der Waals surface area contributed by atoms with Crippen LogP contribution in [0.2, 0.25) is 0 Å². The quantitative estimate of drug-likeness (QED) is 0.809. The van der Waals surface area contributed by atoms with Crippen LogP contribution >= 0.6 is 0 Å². The molecule has 3 nitrogen and oxygen atoms in total. The highest BCUT2D eigenvalue weighted by atomic mass is 19.4. The van der Waals surface area contributed by atoms with Gasteiger partial charge >= 0.3 is 6.18 Å². The van der Waals surface area contributed by atoms with Crippen molar-refractivity contribution in [1.29, 1.82) is 0 Å². The maximum atomic E-state index is 12.9. The minimum Gasteiger partial charge on any atom is -0.342 e. The molecule has 1 unspecified atom stereocenters. The van der Waals surface area contributed by atoms with Crippen molar-refractivity contribution >= 4 is 5.91 Å². The Morgan fingerprint density at radius 1 is 1.10 bits per heavy atom. The van der Waals surface area contributed by atoms with Gasteiger partial charge in [-0.1, -0.05) is 0 Å². The van der Waals surface area contributed by atoms with E-state index in [1.165, 1.54) is 4.90 Å². The minimum absolute atomic E-state index is 0.0433. The van der Waals surface area contributed by atoms with Crippen LogP contribution in [0, 0.1) is 11.3 Å². The largest absolute Gasteiger partial charge is 0.393 e. The summed E-state index contributed by atoms with van der Waals surface area (Å²) in [6.07, 6.45) is 1.13. The third-order valence-corrected chi connectivity index (χ3v) is 5.93. The average Bonchev–Trinajstić information content (AvgIpc) is 2.47. The number of nitrogens with two attached hydrogens (primary N) is 1. The Morgan fingerprint density at radius 3 is 2.19 bits per heavy atom. The Bertz CT molecular complexity index is 411. The normalized spacial score (nSPS) is 40.4. The molecule has 1 amide bonds. The maximum Gasteiger partial charge on any atom is 0.393 e. The topological polar surface area (TPSA) is 46.3 Å². The van der Waals surface area contributed by atoms with Gasteiger partial charge in [0.15, 0.2) is 0 Å². The second kappa shape index (κ2) is 4.86. The predicted molar refractivity (Wildman–Crippen MR) is 72.4 cm³/mol. The van der Waals surface area contributed by atoms with Gasteiger partial charge in [-0.2, -0.15) is 13.2 Å². The van der Waals surface area contributed by atoms with E-state index in [0.717, 1.165) is 38.5 Å². The van der Waals surface area contributed by atoms with Crippen molar-refractivity contribution in [2.45, 2.75) is 63.1 Å². The number of hydrogen-bond acceptors (Lipinski definition) is 2. The van der Waals surface area contributed by atoms with Gasteiger partial charge in [-0.25, -0.2) is 0 Å². The number of piperidine rings is 1. The monoisotopic (exact) mass is 304 g/mol. The molecule has 0 aromatic heterocycles. The van der Waals surface area contributed by atoms with Crippen molar-refractivity contribution in [3.63, 3.8) is 0 Å². The van der Waals surface area contributed by atoms with E-state index >= 15 is 0 Å². The molecule has 120 valence electrons. The number of hydrogen-bond donors (Lipinski definition) is 1. The van der Waals surface area contributed by atoms with Crippen LogP contribution < -0.4 is 5.73 Å². The molecule has 21 heavy (non-hydrogen) atoms. The number of fused-ring (bicyclic) bond motifs is 3. The molecular weight excluding hydrogens is 281 g/mol. The molecule has 6 heteroatoms. The molecule has 1 saturated heterocycles. The highest BCUT2D eigenvalue weighted by Gasteiger charge is 2.53. The second-order valence-electron chi connectivity index (χ2n) is 7.27. The summed E-state index contributed by atoms with van der Waals surface area (Å²) in [4.78, 5) is 14.3. The van der Waals surface area contributed by atoms with Crippen molar-refractivity contribution < 1.29 is 18.0 Å². The predicted octanol–water partition coefficient (Wildman–Crippen LogP) is 2.84. The van der Waals surface area contributed by atoms with Crippen molar-refractivity contribution in [2.24, 2.45) is 17.1 Å². The highest BCUT2D eigenvalue weighted by molar-refractivity contribution is 5.83. The molecule has 0 aromatic rings. The fourth-order valence-corrected chi connectivity index (χ4v) is 4.30. The van der Waals surface area contributed by atoms with Crippen molar-refractivity contribution in [1.82, 2.24) is 4.90 Å². The maximum absolute atomic E-state index is 12.9. The van der Waals surface area contributed by atoms with Gasteiger partial charge in [0.1, 0.15) is 0 Å². The lowest BCUT2D eigenvalue weighted by Gasteiger charge is -2.52. The van der Waals surface area contributed by atoms with E-state index in [9.17, 15) is 18.0 Å². The van der Waals surface area contributed by atoms with E-state index in [2.05, 4.69) is 0 Å². The Hall–Kier alpha value is -0.780. The lowest BCUT2D eigenvalue weighted by molar-refractivity contribution is -0.191. The third kappa shape index (κ3) is 2.67. The average molecular weight is 304 g/mol. The molecule has 1 heterocycles. The van der Waals surface area contributed by atoms with Gasteiger partial charge < -0.3 is 10.6 Å². The summed E-state index contributed by atoms with van der Waals surface area (Å²) in [7, 11) is 0. The first-order valence-electron chi connectivity index (χ1n) is 7.89. The molecular formula is C15H23F3N2O. The smallest absolute Gasteiger partial charge is 0.342 e. The molecule has 4 aliphatic rings. The number of rotatable bonds is 1. The molecule has 1 atom stereocenters. The molecule has 0 aromatic carbocycles. The van der Waals surface area contributed by atoms with Crippen molar-refractivity contribution in [3.05, 3.63) is 0 Å². The van der Waals surface area contributed by atoms with Gasteiger partial charge in [0.25, 0.3) is 0 Å². The van der Waals surface area contributed by atoms with Gasteiger partial charge in [0, 0.05) is 24.0 Å². The Morgan fingerprint density at radius 2 is 1.67 bits per heavy atom. The summed E-state index contributed by atoms with van der Waals surface area (Å²) < 4.78 is 38.7. The molecule has 3 aliphatic carbocycles. The first kappa shape index (κ1) is 15.1. The van der Waals surface area contributed by atoms with E-state index in [-0.39, 0.29) is 24.4 Å². The number of nitrogens with zero attached hydrogens (tertiary/aromatic N) is 1. The SMILES string of the molecule is NC12CCC(C(=O)N3CCCC(C(F)(F)F)C3)(CC1)CC2. The molecule has 4 fully saturated rings. The van der Waals surface area contributed by atoms with Crippen LogP contribution in [0.5, 0.6) is 0 Å². The zero-order valence-electron chi connectivity index (χ0n) is 12.2. The summed E-state index contributed by atoms with van der Waals surface area (Å²) in [6.45, 7) is 0.318. The van der Waals surface area contributed by atoms with Crippen LogP contribution in [-0.4, -0.2) is 35.6 Å². The van der Waals surface area contributed by atoms with Gasteiger partial charge in [-0.15, -0.1) is 0 Å². The summed E-state index contributed by atoms with van der Waals surface area (Å²) in [5, 5.41) is 0. The molecule has 3 saturated carbocycles. The Labute approximate surface area is 123 Å². The van der Waals surface area contributed by atoms with Crippen LogP contribution in [-0.2, 0) is 4.79 Å². The minimum atomic E-state index is -4.19. The van der Waals surface area contributed by atoms with Crippen molar-refractivity contribution in [3.8, 4) is 0 Å². The number of alkyl halides is 3. The fourth-order valence-electron chi connectivity index (χ4n) is 4.30. The van der Waals surface area contributed by atoms with Gasteiger partial charge in [-0.3, -0.25) is 4.79 Å².